The Hall–Kier alpha value is -0.690. The molecule has 2 rings (SSSR count). The molecular formula is C8H6IN3S. The summed E-state index contributed by atoms with van der Waals surface area (Å²) in [6.45, 7) is 0. The minimum absolute atomic E-state index is 0.370. The van der Waals surface area contributed by atoms with Crippen molar-refractivity contribution in [3.63, 3.8) is 0 Å². The summed E-state index contributed by atoms with van der Waals surface area (Å²) in [5.74, 6) is 0. The zero-order valence-corrected chi connectivity index (χ0v) is 9.54. The Kier molecular flexibility index (Phi) is 2.20. The molecule has 2 N–H and O–H groups in total. The summed E-state index contributed by atoms with van der Waals surface area (Å²) >= 11 is 7.13. The molecule has 0 spiro atoms. The molecule has 0 aliphatic carbocycles. The van der Waals surface area contributed by atoms with E-state index in [1.165, 1.54) is 0 Å². The summed E-state index contributed by atoms with van der Waals surface area (Å²) in [7, 11) is 0. The molecule has 13 heavy (non-hydrogen) atoms. The summed E-state index contributed by atoms with van der Waals surface area (Å²) < 4.78 is 3.02. The van der Waals surface area contributed by atoms with Crippen LogP contribution in [0.25, 0.3) is 5.65 Å². The molecule has 0 fully saturated rings. The molecule has 2 heterocycles. The van der Waals surface area contributed by atoms with Crippen LogP contribution in [0, 0.1) is 3.57 Å². The van der Waals surface area contributed by atoms with Gasteiger partial charge in [0.2, 0.25) is 0 Å². The van der Waals surface area contributed by atoms with Gasteiger partial charge in [0.05, 0.1) is 11.9 Å². The Labute approximate surface area is 94.1 Å². The smallest absolute Gasteiger partial charge is 0.137 e. The van der Waals surface area contributed by atoms with Gasteiger partial charge in [0.25, 0.3) is 0 Å². The zero-order chi connectivity index (χ0) is 9.42. The van der Waals surface area contributed by atoms with Crippen LogP contribution in [0.5, 0.6) is 0 Å². The highest BCUT2D eigenvalue weighted by Crippen LogP contribution is 2.10. The van der Waals surface area contributed by atoms with E-state index in [9.17, 15) is 0 Å². The zero-order valence-electron chi connectivity index (χ0n) is 6.57. The lowest BCUT2D eigenvalue weighted by Crippen LogP contribution is -2.12. The Morgan fingerprint density at radius 1 is 1.54 bits per heavy atom. The van der Waals surface area contributed by atoms with E-state index >= 15 is 0 Å². The second kappa shape index (κ2) is 3.22. The molecule has 3 nitrogen and oxygen atoms in total. The fraction of sp³-hybridized carbons (Fsp3) is 0. The molecule has 0 saturated heterocycles. The van der Waals surface area contributed by atoms with E-state index in [4.69, 9.17) is 18.0 Å². The van der Waals surface area contributed by atoms with Crippen molar-refractivity contribution in [2.45, 2.75) is 0 Å². The Bertz CT molecular complexity index is 477. The van der Waals surface area contributed by atoms with Gasteiger partial charge in [-0.1, -0.05) is 12.2 Å². The third kappa shape index (κ3) is 1.53. The molecule has 0 saturated carbocycles. The van der Waals surface area contributed by atoms with Crippen LogP contribution in [0.15, 0.2) is 24.5 Å². The molecule has 0 amide bonds. The van der Waals surface area contributed by atoms with Crippen LogP contribution in [-0.2, 0) is 0 Å². The van der Waals surface area contributed by atoms with E-state index in [1.807, 2.05) is 22.7 Å². The average molecular weight is 303 g/mol. The van der Waals surface area contributed by atoms with Crippen molar-refractivity contribution in [2.24, 2.45) is 5.73 Å². The van der Waals surface area contributed by atoms with Gasteiger partial charge in [-0.05, 0) is 34.7 Å². The Balaban J connectivity index is 2.79. The first-order chi connectivity index (χ1) is 6.18. The minimum atomic E-state index is 0.370. The summed E-state index contributed by atoms with van der Waals surface area (Å²) in [4.78, 5) is 4.54. The van der Waals surface area contributed by atoms with Crippen LogP contribution in [0.2, 0.25) is 0 Å². The number of pyridine rings is 1. The second-order valence-electron chi connectivity index (χ2n) is 2.58. The van der Waals surface area contributed by atoms with E-state index in [-0.39, 0.29) is 0 Å². The largest absolute Gasteiger partial charge is 0.388 e. The van der Waals surface area contributed by atoms with Gasteiger partial charge >= 0.3 is 0 Å². The van der Waals surface area contributed by atoms with Crippen molar-refractivity contribution in [2.75, 3.05) is 0 Å². The van der Waals surface area contributed by atoms with Crippen LogP contribution in [0.4, 0.5) is 0 Å². The van der Waals surface area contributed by atoms with E-state index < -0.39 is 0 Å². The molecule has 0 atom stereocenters. The van der Waals surface area contributed by atoms with Crippen molar-refractivity contribution in [3.8, 4) is 0 Å². The lowest BCUT2D eigenvalue weighted by molar-refractivity contribution is 1.16. The number of nitrogens with two attached hydrogens (primary N) is 1. The van der Waals surface area contributed by atoms with Gasteiger partial charge in [0, 0.05) is 9.77 Å². The van der Waals surface area contributed by atoms with Gasteiger partial charge in [-0.2, -0.15) is 0 Å². The predicted octanol–water partition coefficient (Wildman–Crippen LogP) is 1.57. The lowest BCUT2D eigenvalue weighted by Gasteiger charge is -1.98. The molecule has 0 bridgehead atoms. The molecular weight excluding hydrogens is 297 g/mol. The first-order valence-corrected chi connectivity index (χ1v) is 5.09. The number of nitrogens with zero attached hydrogens (tertiary/aromatic N) is 2. The highest BCUT2D eigenvalue weighted by Gasteiger charge is 2.04. The maximum Gasteiger partial charge on any atom is 0.137 e. The van der Waals surface area contributed by atoms with E-state index in [0.717, 1.165) is 14.9 Å². The standard InChI is InChI=1S/C8H6IN3S/c9-5-1-2-7-11-3-6(8(10)13)12(7)4-5/h1-4H,(H2,10,13). The van der Waals surface area contributed by atoms with Gasteiger partial charge < -0.3 is 5.73 Å². The van der Waals surface area contributed by atoms with Crippen molar-refractivity contribution in [1.29, 1.82) is 0 Å². The predicted molar refractivity (Wildman–Crippen MR) is 63.8 cm³/mol. The summed E-state index contributed by atoms with van der Waals surface area (Å²) in [6, 6.07) is 3.93. The molecule has 0 aromatic carbocycles. The second-order valence-corrected chi connectivity index (χ2v) is 4.27. The van der Waals surface area contributed by atoms with Gasteiger partial charge in [-0.15, -0.1) is 0 Å². The van der Waals surface area contributed by atoms with Gasteiger partial charge in [-0.25, -0.2) is 4.98 Å². The molecule has 0 aliphatic rings. The van der Waals surface area contributed by atoms with E-state index in [0.29, 0.717) is 4.99 Å². The molecule has 0 aliphatic heterocycles. The first-order valence-electron chi connectivity index (χ1n) is 3.61. The molecule has 0 unspecified atom stereocenters. The van der Waals surface area contributed by atoms with Crippen LogP contribution >= 0.6 is 34.8 Å². The van der Waals surface area contributed by atoms with Gasteiger partial charge in [0.15, 0.2) is 0 Å². The van der Waals surface area contributed by atoms with Crippen LogP contribution < -0.4 is 5.73 Å². The SMILES string of the molecule is NC(=S)c1cnc2ccc(I)cn12. The van der Waals surface area contributed by atoms with Gasteiger partial charge in [-0.3, -0.25) is 4.40 Å². The number of fused-ring (bicyclic) bond motifs is 1. The number of aromatic nitrogens is 2. The number of rotatable bonds is 1. The number of halogens is 1. The quantitative estimate of drug-likeness (QED) is 0.642. The lowest BCUT2D eigenvalue weighted by atomic mass is 10.4. The molecule has 66 valence electrons. The third-order valence-electron chi connectivity index (χ3n) is 1.72. The first kappa shape index (κ1) is 8.89. The van der Waals surface area contributed by atoms with Crippen LogP contribution in [-0.4, -0.2) is 14.4 Å². The number of hydrogen-bond donors (Lipinski definition) is 1. The van der Waals surface area contributed by atoms with Crippen molar-refractivity contribution in [1.82, 2.24) is 9.38 Å². The summed E-state index contributed by atoms with van der Waals surface area (Å²) in [5.41, 5.74) is 7.19. The monoisotopic (exact) mass is 303 g/mol. The van der Waals surface area contributed by atoms with Crippen LogP contribution in [0.1, 0.15) is 5.69 Å². The fourth-order valence-electron chi connectivity index (χ4n) is 1.14. The van der Waals surface area contributed by atoms with Crippen LogP contribution in [0.3, 0.4) is 0 Å². The van der Waals surface area contributed by atoms with E-state index in [2.05, 4.69) is 27.6 Å². The fourth-order valence-corrected chi connectivity index (χ4v) is 1.75. The van der Waals surface area contributed by atoms with Crippen molar-refractivity contribution < 1.29 is 0 Å². The van der Waals surface area contributed by atoms with Crippen molar-refractivity contribution >= 4 is 45.4 Å². The Morgan fingerprint density at radius 3 is 3.00 bits per heavy atom. The van der Waals surface area contributed by atoms with Gasteiger partial charge in [0.1, 0.15) is 10.6 Å². The molecule has 5 heteroatoms. The average Bonchev–Trinajstić information content (AvgIpc) is 2.46. The topological polar surface area (TPSA) is 43.3 Å². The highest BCUT2D eigenvalue weighted by molar-refractivity contribution is 14.1. The summed E-state index contributed by atoms with van der Waals surface area (Å²) in [6.07, 6.45) is 3.64. The highest BCUT2D eigenvalue weighted by atomic mass is 127. The molecule has 2 aromatic heterocycles. The number of thiocarbonyl (C=S) groups is 1. The molecule has 2 aromatic rings. The Morgan fingerprint density at radius 2 is 2.31 bits per heavy atom. The minimum Gasteiger partial charge on any atom is -0.388 e. The molecule has 0 radical (unpaired) electrons. The number of hydrogen-bond acceptors (Lipinski definition) is 2. The third-order valence-corrected chi connectivity index (χ3v) is 2.57. The normalized spacial score (nSPS) is 10.5. The maximum absolute atomic E-state index is 5.54. The van der Waals surface area contributed by atoms with Crippen molar-refractivity contribution in [3.05, 3.63) is 33.8 Å². The number of imidazole rings is 1. The summed E-state index contributed by atoms with van der Waals surface area (Å²) in [5, 5.41) is 0. The maximum atomic E-state index is 5.54. The van der Waals surface area contributed by atoms with E-state index in [1.54, 1.807) is 6.20 Å².